The first kappa shape index (κ1) is 16.7. The molecule has 0 aliphatic carbocycles. The molecule has 0 bridgehead atoms. The molecule has 2 aromatic heterocycles. The van der Waals surface area contributed by atoms with Crippen molar-refractivity contribution in [3.63, 3.8) is 0 Å². The molecule has 0 fully saturated rings. The van der Waals surface area contributed by atoms with Crippen LogP contribution in [0, 0.1) is 13.8 Å². The van der Waals surface area contributed by atoms with Crippen LogP contribution in [-0.4, -0.2) is 27.8 Å². The number of carbonyl (C=O) groups is 1. The van der Waals surface area contributed by atoms with Crippen LogP contribution in [0.5, 0.6) is 5.75 Å². The zero-order chi connectivity index (χ0) is 17.8. The lowest BCUT2D eigenvalue weighted by Gasteiger charge is -2.10. The highest BCUT2D eigenvalue weighted by atomic mass is 16.5. The van der Waals surface area contributed by atoms with Gasteiger partial charge in [0.15, 0.2) is 5.82 Å². The van der Waals surface area contributed by atoms with E-state index in [2.05, 4.69) is 10.1 Å². The molecule has 0 atom stereocenters. The third-order valence-corrected chi connectivity index (χ3v) is 3.89. The third kappa shape index (κ3) is 3.52. The summed E-state index contributed by atoms with van der Waals surface area (Å²) in [7, 11) is 1.59. The minimum absolute atomic E-state index is 0.137. The summed E-state index contributed by atoms with van der Waals surface area (Å²) < 4.78 is 12.4. The fraction of sp³-hybridized carbons (Fsp3) is 0.211. The first-order valence-electron chi connectivity index (χ1n) is 7.87. The van der Waals surface area contributed by atoms with Crippen LogP contribution in [0.1, 0.15) is 27.2 Å². The third-order valence-electron chi connectivity index (χ3n) is 3.89. The number of rotatable bonds is 5. The first-order chi connectivity index (χ1) is 12.1. The van der Waals surface area contributed by atoms with E-state index in [1.54, 1.807) is 18.0 Å². The predicted molar refractivity (Wildman–Crippen MR) is 92.9 cm³/mol. The van der Waals surface area contributed by atoms with E-state index < -0.39 is 5.97 Å². The molecule has 6 nitrogen and oxygen atoms in total. The number of methoxy groups -OCH3 is 1. The Morgan fingerprint density at radius 3 is 2.76 bits per heavy atom. The van der Waals surface area contributed by atoms with Gasteiger partial charge in [0.25, 0.3) is 0 Å². The van der Waals surface area contributed by atoms with Crippen LogP contribution in [0.15, 0.2) is 48.8 Å². The molecule has 6 heteroatoms. The zero-order valence-corrected chi connectivity index (χ0v) is 14.4. The number of hydrogen-bond donors (Lipinski definition) is 0. The van der Waals surface area contributed by atoms with E-state index >= 15 is 0 Å². The van der Waals surface area contributed by atoms with E-state index in [0.29, 0.717) is 22.8 Å². The van der Waals surface area contributed by atoms with Crippen LogP contribution in [-0.2, 0) is 11.3 Å². The zero-order valence-electron chi connectivity index (χ0n) is 14.4. The molecule has 0 amide bonds. The van der Waals surface area contributed by atoms with Gasteiger partial charge in [-0.05, 0) is 38.1 Å². The molecule has 0 aliphatic rings. The van der Waals surface area contributed by atoms with Crippen LogP contribution in [0.2, 0.25) is 0 Å². The quantitative estimate of drug-likeness (QED) is 0.669. The molecule has 25 heavy (non-hydrogen) atoms. The van der Waals surface area contributed by atoms with Gasteiger partial charge in [0.2, 0.25) is 0 Å². The van der Waals surface area contributed by atoms with Gasteiger partial charge in [0.1, 0.15) is 17.9 Å². The van der Waals surface area contributed by atoms with E-state index in [-0.39, 0.29) is 6.61 Å². The van der Waals surface area contributed by atoms with Crippen molar-refractivity contribution in [1.82, 2.24) is 14.8 Å². The largest absolute Gasteiger partial charge is 0.496 e. The minimum Gasteiger partial charge on any atom is -0.496 e. The second kappa shape index (κ2) is 7.17. The second-order valence-electron chi connectivity index (χ2n) is 5.63. The lowest BCUT2D eigenvalue weighted by atomic mass is 10.1. The number of ether oxygens (including phenoxy) is 2. The van der Waals surface area contributed by atoms with Crippen molar-refractivity contribution in [2.24, 2.45) is 0 Å². The van der Waals surface area contributed by atoms with Crippen LogP contribution >= 0.6 is 0 Å². The average molecular weight is 337 g/mol. The van der Waals surface area contributed by atoms with Crippen molar-refractivity contribution in [3.8, 4) is 11.6 Å². The molecule has 0 aliphatic heterocycles. The van der Waals surface area contributed by atoms with Gasteiger partial charge in [-0.3, -0.25) is 0 Å². The van der Waals surface area contributed by atoms with Crippen LogP contribution in [0.4, 0.5) is 0 Å². The number of nitrogens with zero attached hydrogens (tertiary/aromatic N) is 3. The monoisotopic (exact) mass is 337 g/mol. The van der Waals surface area contributed by atoms with Gasteiger partial charge in [-0.1, -0.05) is 17.7 Å². The Bertz CT molecular complexity index is 888. The number of benzene rings is 1. The lowest BCUT2D eigenvalue weighted by Crippen LogP contribution is -2.08. The fourth-order valence-corrected chi connectivity index (χ4v) is 2.56. The maximum Gasteiger partial charge on any atom is 0.341 e. The summed E-state index contributed by atoms with van der Waals surface area (Å²) in [5.74, 6) is 0.918. The number of carbonyl (C=O) groups excluding carboxylic acids is 1. The Kier molecular flexibility index (Phi) is 4.79. The molecule has 0 unspecified atom stereocenters. The Morgan fingerprint density at radius 1 is 1.20 bits per heavy atom. The SMILES string of the molecule is COc1ccc(C)cc1COC(=O)c1cnn(-c2ccccn2)c1C. The number of aromatic nitrogens is 3. The molecular formula is C19H19N3O3. The molecule has 0 spiro atoms. The van der Waals surface area contributed by atoms with E-state index in [4.69, 9.17) is 9.47 Å². The maximum absolute atomic E-state index is 12.4. The molecule has 0 saturated carbocycles. The van der Waals surface area contributed by atoms with Crippen LogP contribution in [0.3, 0.4) is 0 Å². The second-order valence-corrected chi connectivity index (χ2v) is 5.63. The maximum atomic E-state index is 12.4. The Labute approximate surface area is 146 Å². The average Bonchev–Trinajstić information content (AvgIpc) is 3.02. The summed E-state index contributed by atoms with van der Waals surface area (Å²) in [4.78, 5) is 16.7. The van der Waals surface area contributed by atoms with Crippen molar-refractivity contribution < 1.29 is 14.3 Å². The number of aryl methyl sites for hydroxylation is 1. The minimum atomic E-state index is -0.428. The normalized spacial score (nSPS) is 10.5. The Hall–Kier alpha value is -3.15. The summed E-state index contributed by atoms with van der Waals surface area (Å²) in [6.07, 6.45) is 3.18. The Balaban J connectivity index is 1.77. The van der Waals surface area contributed by atoms with Crippen molar-refractivity contribution in [2.45, 2.75) is 20.5 Å². The van der Waals surface area contributed by atoms with Gasteiger partial charge < -0.3 is 9.47 Å². The van der Waals surface area contributed by atoms with Crippen molar-refractivity contribution in [3.05, 3.63) is 71.2 Å². The van der Waals surface area contributed by atoms with E-state index in [1.165, 1.54) is 6.20 Å². The van der Waals surface area contributed by atoms with Crippen LogP contribution < -0.4 is 4.74 Å². The fourth-order valence-electron chi connectivity index (χ4n) is 2.56. The van der Waals surface area contributed by atoms with Crippen LogP contribution in [0.25, 0.3) is 5.82 Å². The molecule has 0 N–H and O–H groups in total. The van der Waals surface area contributed by atoms with Crippen molar-refractivity contribution in [2.75, 3.05) is 7.11 Å². The number of hydrogen-bond acceptors (Lipinski definition) is 5. The summed E-state index contributed by atoms with van der Waals surface area (Å²) in [6.45, 7) is 3.93. The summed E-state index contributed by atoms with van der Waals surface area (Å²) in [6, 6.07) is 11.3. The Morgan fingerprint density at radius 2 is 2.04 bits per heavy atom. The lowest BCUT2D eigenvalue weighted by molar-refractivity contribution is 0.0469. The summed E-state index contributed by atoms with van der Waals surface area (Å²) in [5.41, 5.74) is 2.99. The van der Waals surface area contributed by atoms with Gasteiger partial charge in [-0.15, -0.1) is 0 Å². The van der Waals surface area contributed by atoms with Gasteiger partial charge >= 0.3 is 5.97 Å². The first-order valence-corrected chi connectivity index (χ1v) is 7.87. The van der Waals surface area contributed by atoms with E-state index in [9.17, 15) is 4.79 Å². The molecule has 3 aromatic rings. The molecule has 128 valence electrons. The van der Waals surface area contributed by atoms with Gasteiger partial charge in [0.05, 0.1) is 19.0 Å². The van der Waals surface area contributed by atoms with Gasteiger partial charge in [-0.25, -0.2) is 14.5 Å². The number of esters is 1. The van der Waals surface area contributed by atoms with Gasteiger partial charge in [-0.2, -0.15) is 5.10 Å². The summed E-state index contributed by atoms with van der Waals surface area (Å²) >= 11 is 0. The molecule has 0 radical (unpaired) electrons. The molecule has 1 aromatic carbocycles. The smallest absolute Gasteiger partial charge is 0.341 e. The molecule has 3 rings (SSSR count). The molecule has 0 saturated heterocycles. The van der Waals surface area contributed by atoms with Crippen molar-refractivity contribution >= 4 is 5.97 Å². The topological polar surface area (TPSA) is 66.2 Å². The highest BCUT2D eigenvalue weighted by molar-refractivity contribution is 5.90. The van der Waals surface area contributed by atoms with E-state index in [0.717, 1.165) is 11.1 Å². The highest BCUT2D eigenvalue weighted by Crippen LogP contribution is 2.21. The molecular weight excluding hydrogens is 318 g/mol. The standard InChI is InChI=1S/C19H19N3O3/c1-13-7-8-17(24-3)15(10-13)12-25-19(23)16-11-21-22(14(16)2)18-6-4-5-9-20-18/h4-11H,12H2,1-3H3. The molecule has 2 heterocycles. The van der Waals surface area contributed by atoms with E-state index in [1.807, 2.05) is 50.2 Å². The highest BCUT2D eigenvalue weighted by Gasteiger charge is 2.17. The summed E-state index contributed by atoms with van der Waals surface area (Å²) in [5, 5.41) is 4.24. The van der Waals surface area contributed by atoms with Crippen molar-refractivity contribution in [1.29, 1.82) is 0 Å². The van der Waals surface area contributed by atoms with Gasteiger partial charge in [0, 0.05) is 11.8 Å². The number of pyridine rings is 1. The predicted octanol–water partition coefficient (Wildman–Crippen LogP) is 3.25.